The van der Waals surface area contributed by atoms with E-state index >= 15 is 0 Å². The molecule has 1 aliphatic heterocycles. The highest BCUT2D eigenvalue weighted by atomic mass is 19.1. The smallest absolute Gasteiger partial charge is 0.317 e. The minimum Gasteiger partial charge on any atom is -0.368 e. The molecular formula is C25H32FN5O3. The normalized spacial score (nSPS) is 13.4. The van der Waals surface area contributed by atoms with E-state index in [0.717, 1.165) is 12.1 Å². The molecule has 2 N–H and O–H groups in total. The first-order valence-corrected chi connectivity index (χ1v) is 11.6. The second-order valence-corrected chi connectivity index (χ2v) is 8.11. The first kappa shape index (κ1) is 25.0. The van der Waals surface area contributed by atoms with Crippen LogP contribution in [0.15, 0.2) is 48.5 Å². The molecule has 0 saturated carbocycles. The first-order valence-electron chi connectivity index (χ1n) is 11.6. The van der Waals surface area contributed by atoms with Gasteiger partial charge in [-0.1, -0.05) is 19.1 Å². The van der Waals surface area contributed by atoms with Crippen LogP contribution in [-0.2, 0) is 4.79 Å². The Kier molecular flexibility index (Phi) is 8.84. The summed E-state index contributed by atoms with van der Waals surface area (Å²) in [6.45, 7) is 7.05. The first-order chi connectivity index (χ1) is 16.4. The van der Waals surface area contributed by atoms with Crippen molar-refractivity contribution in [3.63, 3.8) is 0 Å². The number of nitrogens with zero attached hydrogens (tertiary/aromatic N) is 3. The molecule has 34 heavy (non-hydrogen) atoms. The van der Waals surface area contributed by atoms with Gasteiger partial charge in [-0.25, -0.2) is 9.18 Å². The summed E-state index contributed by atoms with van der Waals surface area (Å²) >= 11 is 0. The molecule has 8 nitrogen and oxygen atoms in total. The summed E-state index contributed by atoms with van der Waals surface area (Å²) in [5.41, 5.74) is 1.72. The van der Waals surface area contributed by atoms with Gasteiger partial charge < -0.3 is 25.3 Å². The molecule has 1 saturated heterocycles. The summed E-state index contributed by atoms with van der Waals surface area (Å²) in [7, 11) is 0. The maximum atomic E-state index is 13.9. The molecule has 0 atom stereocenters. The van der Waals surface area contributed by atoms with Crippen LogP contribution < -0.4 is 15.5 Å². The number of carbonyl (C=O) groups is 3. The molecule has 182 valence electrons. The maximum Gasteiger partial charge on any atom is 0.317 e. The lowest BCUT2D eigenvalue weighted by atomic mass is 10.1. The van der Waals surface area contributed by atoms with Crippen molar-refractivity contribution in [1.29, 1.82) is 0 Å². The zero-order chi connectivity index (χ0) is 24.5. The number of piperazine rings is 1. The summed E-state index contributed by atoms with van der Waals surface area (Å²) in [6, 6.07) is 13.3. The van der Waals surface area contributed by atoms with Crippen molar-refractivity contribution in [3.05, 3.63) is 59.9 Å². The summed E-state index contributed by atoms with van der Waals surface area (Å²) in [5, 5.41) is 5.56. The molecule has 0 aliphatic carbocycles. The third-order valence-corrected chi connectivity index (χ3v) is 5.63. The van der Waals surface area contributed by atoms with Gasteiger partial charge in [-0.05, 0) is 49.7 Å². The second kappa shape index (κ2) is 12.0. The Morgan fingerprint density at radius 1 is 0.971 bits per heavy atom. The van der Waals surface area contributed by atoms with Gasteiger partial charge in [-0.3, -0.25) is 9.59 Å². The van der Waals surface area contributed by atoms with E-state index in [1.807, 2.05) is 38.1 Å². The Balaban J connectivity index is 1.52. The van der Waals surface area contributed by atoms with E-state index in [4.69, 9.17) is 0 Å². The van der Waals surface area contributed by atoms with E-state index in [1.165, 1.54) is 17.0 Å². The lowest BCUT2D eigenvalue weighted by Gasteiger charge is -2.36. The quantitative estimate of drug-likeness (QED) is 0.622. The molecule has 2 aromatic carbocycles. The van der Waals surface area contributed by atoms with Crippen LogP contribution in [0, 0.1) is 5.82 Å². The third-order valence-electron chi connectivity index (χ3n) is 5.63. The van der Waals surface area contributed by atoms with Crippen molar-refractivity contribution < 1.29 is 18.8 Å². The number of nitrogens with one attached hydrogen (secondary N) is 2. The van der Waals surface area contributed by atoms with Crippen LogP contribution in [-0.4, -0.2) is 73.5 Å². The fourth-order valence-electron chi connectivity index (χ4n) is 3.89. The Morgan fingerprint density at radius 2 is 1.65 bits per heavy atom. The largest absolute Gasteiger partial charge is 0.368 e. The van der Waals surface area contributed by atoms with Gasteiger partial charge in [-0.15, -0.1) is 0 Å². The zero-order valence-corrected chi connectivity index (χ0v) is 19.7. The summed E-state index contributed by atoms with van der Waals surface area (Å²) in [6.07, 6.45) is 0.762. The number of hydrogen-bond acceptors (Lipinski definition) is 4. The molecule has 2 aromatic rings. The number of halogens is 1. The Hall–Kier alpha value is -3.62. The number of rotatable bonds is 8. The van der Waals surface area contributed by atoms with Crippen molar-refractivity contribution in [1.82, 2.24) is 15.1 Å². The van der Waals surface area contributed by atoms with Crippen LogP contribution in [0.25, 0.3) is 0 Å². The molecule has 1 aliphatic rings. The second-order valence-electron chi connectivity index (χ2n) is 8.11. The zero-order valence-electron chi connectivity index (χ0n) is 19.7. The van der Waals surface area contributed by atoms with Crippen molar-refractivity contribution in [2.75, 3.05) is 56.0 Å². The maximum absolute atomic E-state index is 13.9. The van der Waals surface area contributed by atoms with Crippen LogP contribution in [0.3, 0.4) is 0 Å². The van der Waals surface area contributed by atoms with Gasteiger partial charge in [0, 0.05) is 50.6 Å². The minimum atomic E-state index is -0.503. The molecule has 0 unspecified atom stereocenters. The average Bonchev–Trinajstić information content (AvgIpc) is 2.84. The monoisotopic (exact) mass is 469 g/mol. The van der Waals surface area contributed by atoms with Gasteiger partial charge in [0.2, 0.25) is 5.91 Å². The Labute approximate surface area is 199 Å². The fourth-order valence-corrected chi connectivity index (χ4v) is 3.89. The molecule has 3 rings (SSSR count). The number of hydrogen-bond donors (Lipinski definition) is 2. The SMILES string of the molecule is CCCN(CC(=O)Nc1ccc(N2CCN(C(=O)c3ccccc3F)CC2)cc1)C(=O)NCC. The fraction of sp³-hybridized carbons (Fsp3) is 0.400. The molecule has 9 heteroatoms. The predicted octanol–water partition coefficient (Wildman–Crippen LogP) is 3.17. The molecule has 4 amide bonds. The summed E-state index contributed by atoms with van der Waals surface area (Å²) in [5.74, 6) is -1.05. The van der Waals surface area contributed by atoms with Crippen molar-refractivity contribution in [3.8, 4) is 0 Å². The van der Waals surface area contributed by atoms with Gasteiger partial charge in [0.25, 0.3) is 5.91 Å². The Bertz CT molecular complexity index is 990. The van der Waals surface area contributed by atoms with Crippen LogP contribution >= 0.6 is 0 Å². The number of urea groups is 1. The van der Waals surface area contributed by atoms with Crippen LogP contribution in [0.4, 0.5) is 20.6 Å². The van der Waals surface area contributed by atoms with Gasteiger partial charge in [-0.2, -0.15) is 0 Å². The van der Waals surface area contributed by atoms with E-state index in [9.17, 15) is 18.8 Å². The topological polar surface area (TPSA) is 85.0 Å². The third kappa shape index (κ3) is 6.46. The Morgan fingerprint density at radius 3 is 2.26 bits per heavy atom. The van der Waals surface area contributed by atoms with Crippen molar-refractivity contribution >= 4 is 29.2 Å². The highest BCUT2D eigenvalue weighted by Gasteiger charge is 2.24. The minimum absolute atomic E-state index is 0.0145. The van der Waals surface area contributed by atoms with Crippen molar-refractivity contribution in [2.45, 2.75) is 20.3 Å². The van der Waals surface area contributed by atoms with E-state index in [1.54, 1.807) is 17.0 Å². The van der Waals surface area contributed by atoms with E-state index in [-0.39, 0.29) is 30.0 Å². The van der Waals surface area contributed by atoms with Gasteiger partial charge in [0.15, 0.2) is 0 Å². The van der Waals surface area contributed by atoms with Gasteiger partial charge in [0.1, 0.15) is 12.4 Å². The standard InChI is InChI=1S/C25H32FN5O3/c1-3-13-31(25(34)27-4-2)18-23(32)28-19-9-11-20(12-10-19)29-14-16-30(17-15-29)24(33)21-7-5-6-8-22(21)26/h5-12H,3-4,13-18H2,1-2H3,(H,27,34)(H,28,32). The average molecular weight is 470 g/mol. The van der Waals surface area contributed by atoms with Crippen LogP contribution in [0.2, 0.25) is 0 Å². The molecule has 1 heterocycles. The summed E-state index contributed by atoms with van der Waals surface area (Å²) in [4.78, 5) is 42.4. The van der Waals surface area contributed by atoms with Gasteiger partial charge >= 0.3 is 6.03 Å². The van der Waals surface area contributed by atoms with E-state index in [2.05, 4.69) is 15.5 Å². The number of anilines is 2. The predicted molar refractivity (Wildman–Crippen MR) is 131 cm³/mol. The lowest BCUT2D eigenvalue weighted by Crippen LogP contribution is -2.49. The van der Waals surface area contributed by atoms with E-state index < -0.39 is 5.82 Å². The molecule has 0 spiro atoms. The number of amides is 4. The van der Waals surface area contributed by atoms with Crippen molar-refractivity contribution in [2.24, 2.45) is 0 Å². The van der Waals surface area contributed by atoms with Gasteiger partial charge in [0.05, 0.1) is 5.56 Å². The van der Waals surface area contributed by atoms with E-state index in [0.29, 0.717) is 45.0 Å². The van der Waals surface area contributed by atoms with Crippen LogP contribution in [0.5, 0.6) is 0 Å². The van der Waals surface area contributed by atoms with Crippen LogP contribution in [0.1, 0.15) is 30.6 Å². The summed E-state index contributed by atoms with van der Waals surface area (Å²) < 4.78 is 13.9. The molecule has 0 aromatic heterocycles. The highest BCUT2D eigenvalue weighted by Crippen LogP contribution is 2.21. The molecule has 0 radical (unpaired) electrons. The highest BCUT2D eigenvalue weighted by molar-refractivity contribution is 5.95. The lowest BCUT2D eigenvalue weighted by molar-refractivity contribution is -0.116. The number of carbonyl (C=O) groups excluding carboxylic acids is 3. The molecule has 0 bridgehead atoms. The number of benzene rings is 2. The molecular weight excluding hydrogens is 437 g/mol. The molecule has 1 fully saturated rings.